The SMILES string of the molecule is CNC(c1cccc(F)c1)c1cc(OC)c(OC)cc1Cl. The Kier molecular flexibility index (Phi) is 5.04. The van der Waals surface area contributed by atoms with Crippen molar-refractivity contribution in [3.05, 3.63) is 58.4 Å². The van der Waals surface area contributed by atoms with Crippen molar-refractivity contribution >= 4 is 11.6 Å². The summed E-state index contributed by atoms with van der Waals surface area (Å²) in [6.07, 6.45) is 0. The normalized spacial score (nSPS) is 12.0. The molecule has 0 aliphatic carbocycles. The van der Waals surface area contributed by atoms with E-state index in [1.165, 1.54) is 12.1 Å². The highest BCUT2D eigenvalue weighted by Gasteiger charge is 2.19. The van der Waals surface area contributed by atoms with E-state index in [2.05, 4.69) is 5.32 Å². The highest BCUT2D eigenvalue weighted by molar-refractivity contribution is 6.31. The van der Waals surface area contributed by atoms with Crippen LogP contribution in [0.1, 0.15) is 17.2 Å². The zero-order valence-electron chi connectivity index (χ0n) is 12.1. The van der Waals surface area contributed by atoms with Crippen LogP contribution in [0.3, 0.4) is 0 Å². The van der Waals surface area contributed by atoms with Gasteiger partial charge < -0.3 is 14.8 Å². The summed E-state index contributed by atoms with van der Waals surface area (Å²) >= 11 is 6.33. The molecule has 0 aromatic heterocycles. The average molecular weight is 310 g/mol. The van der Waals surface area contributed by atoms with Crippen LogP contribution in [0.25, 0.3) is 0 Å². The lowest BCUT2D eigenvalue weighted by Gasteiger charge is -2.20. The summed E-state index contributed by atoms with van der Waals surface area (Å²) < 4.78 is 24.0. The van der Waals surface area contributed by atoms with Crippen LogP contribution in [0.15, 0.2) is 36.4 Å². The van der Waals surface area contributed by atoms with E-state index in [1.807, 2.05) is 6.07 Å². The summed E-state index contributed by atoms with van der Waals surface area (Å²) in [7, 11) is 4.91. The van der Waals surface area contributed by atoms with Crippen LogP contribution < -0.4 is 14.8 Å². The van der Waals surface area contributed by atoms with Crippen molar-refractivity contribution < 1.29 is 13.9 Å². The zero-order valence-corrected chi connectivity index (χ0v) is 12.9. The summed E-state index contributed by atoms with van der Waals surface area (Å²) in [6.45, 7) is 0. The van der Waals surface area contributed by atoms with Crippen molar-refractivity contribution in [2.75, 3.05) is 21.3 Å². The molecule has 2 aromatic rings. The number of nitrogens with one attached hydrogen (secondary N) is 1. The molecule has 2 aromatic carbocycles. The fraction of sp³-hybridized carbons (Fsp3) is 0.250. The minimum Gasteiger partial charge on any atom is -0.493 e. The molecule has 1 unspecified atom stereocenters. The van der Waals surface area contributed by atoms with Crippen LogP contribution in [0.2, 0.25) is 5.02 Å². The van der Waals surface area contributed by atoms with E-state index in [4.69, 9.17) is 21.1 Å². The molecule has 0 bridgehead atoms. The molecule has 0 radical (unpaired) electrons. The summed E-state index contributed by atoms with van der Waals surface area (Å²) in [5, 5.41) is 3.67. The molecule has 2 rings (SSSR count). The molecule has 0 heterocycles. The Balaban J connectivity index is 2.52. The van der Waals surface area contributed by atoms with Crippen LogP contribution in [0.5, 0.6) is 11.5 Å². The van der Waals surface area contributed by atoms with Gasteiger partial charge in [-0.1, -0.05) is 23.7 Å². The van der Waals surface area contributed by atoms with Crippen LogP contribution in [0.4, 0.5) is 4.39 Å². The van der Waals surface area contributed by atoms with Crippen LogP contribution in [0, 0.1) is 5.82 Å². The lowest BCUT2D eigenvalue weighted by atomic mass is 9.98. The number of hydrogen-bond donors (Lipinski definition) is 1. The molecule has 5 heteroatoms. The molecule has 0 aliphatic rings. The third kappa shape index (κ3) is 3.28. The van der Waals surface area contributed by atoms with Crippen molar-refractivity contribution in [1.82, 2.24) is 5.32 Å². The van der Waals surface area contributed by atoms with Gasteiger partial charge in [0.25, 0.3) is 0 Å². The lowest BCUT2D eigenvalue weighted by molar-refractivity contribution is 0.354. The van der Waals surface area contributed by atoms with Gasteiger partial charge in [0.05, 0.1) is 20.3 Å². The molecule has 3 nitrogen and oxygen atoms in total. The highest BCUT2D eigenvalue weighted by atomic mass is 35.5. The standard InChI is InChI=1S/C16H17ClFNO2/c1-19-16(10-5-4-6-11(18)7-10)12-8-14(20-2)15(21-3)9-13(12)17/h4-9,16,19H,1-3H3. The zero-order chi connectivity index (χ0) is 15.4. The molecule has 0 aliphatic heterocycles. The first-order chi connectivity index (χ1) is 10.1. The van der Waals surface area contributed by atoms with Crippen LogP contribution in [-0.2, 0) is 0 Å². The maximum absolute atomic E-state index is 13.4. The van der Waals surface area contributed by atoms with E-state index >= 15 is 0 Å². The topological polar surface area (TPSA) is 30.5 Å². The van der Waals surface area contributed by atoms with Gasteiger partial charge in [0, 0.05) is 11.1 Å². The largest absolute Gasteiger partial charge is 0.493 e. The van der Waals surface area contributed by atoms with Gasteiger partial charge in [-0.25, -0.2) is 4.39 Å². The Bertz CT molecular complexity index is 634. The number of benzene rings is 2. The quantitative estimate of drug-likeness (QED) is 0.911. The number of ether oxygens (including phenoxy) is 2. The van der Waals surface area contributed by atoms with Gasteiger partial charge in [0.1, 0.15) is 5.82 Å². The summed E-state index contributed by atoms with van der Waals surface area (Å²) in [4.78, 5) is 0. The predicted molar refractivity (Wildman–Crippen MR) is 81.9 cm³/mol. The maximum Gasteiger partial charge on any atom is 0.162 e. The van der Waals surface area contributed by atoms with Gasteiger partial charge >= 0.3 is 0 Å². The maximum atomic E-state index is 13.4. The second-order valence-electron chi connectivity index (χ2n) is 4.51. The van der Waals surface area contributed by atoms with Gasteiger partial charge in [-0.05, 0) is 36.4 Å². The van der Waals surface area contributed by atoms with E-state index in [0.717, 1.165) is 11.1 Å². The molecule has 0 amide bonds. The molecule has 0 saturated carbocycles. The van der Waals surface area contributed by atoms with E-state index in [1.54, 1.807) is 39.5 Å². The van der Waals surface area contributed by atoms with Crippen molar-refractivity contribution in [2.24, 2.45) is 0 Å². The molecule has 1 N–H and O–H groups in total. The molecule has 0 spiro atoms. The first kappa shape index (κ1) is 15.6. The second kappa shape index (κ2) is 6.78. The van der Waals surface area contributed by atoms with Crippen LogP contribution >= 0.6 is 11.6 Å². The molecule has 1 atom stereocenters. The minimum absolute atomic E-state index is 0.243. The van der Waals surface area contributed by atoms with Crippen molar-refractivity contribution in [1.29, 1.82) is 0 Å². The number of hydrogen-bond acceptors (Lipinski definition) is 3. The Hall–Kier alpha value is -1.78. The van der Waals surface area contributed by atoms with Gasteiger partial charge in [0.15, 0.2) is 11.5 Å². The Morgan fingerprint density at radius 2 is 1.76 bits per heavy atom. The third-order valence-corrected chi connectivity index (χ3v) is 3.61. The van der Waals surface area contributed by atoms with E-state index < -0.39 is 0 Å². The third-order valence-electron chi connectivity index (χ3n) is 3.28. The van der Waals surface area contributed by atoms with E-state index in [0.29, 0.717) is 16.5 Å². The van der Waals surface area contributed by atoms with Gasteiger partial charge in [-0.15, -0.1) is 0 Å². The highest BCUT2D eigenvalue weighted by Crippen LogP contribution is 2.37. The van der Waals surface area contributed by atoms with Gasteiger partial charge in [-0.2, -0.15) is 0 Å². The Morgan fingerprint density at radius 1 is 1.10 bits per heavy atom. The van der Waals surface area contributed by atoms with E-state index in [9.17, 15) is 4.39 Å². The monoisotopic (exact) mass is 309 g/mol. The lowest BCUT2D eigenvalue weighted by Crippen LogP contribution is -2.18. The predicted octanol–water partition coefficient (Wildman–Crippen LogP) is 3.81. The first-order valence-corrected chi connectivity index (χ1v) is 6.82. The average Bonchev–Trinajstić information content (AvgIpc) is 2.49. The molecule has 21 heavy (non-hydrogen) atoms. The molecule has 0 fully saturated rings. The summed E-state index contributed by atoms with van der Waals surface area (Å²) in [6, 6.07) is 9.65. The van der Waals surface area contributed by atoms with E-state index in [-0.39, 0.29) is 11.9 Å². The molecule has 0 saturated heterocycles. The van der Waals surface area contributed by atoms with Gasteiger partial charge in [0.2, 0.25) is 0 Å². The van der Waals surface area contributed by atoms with Crippen molar-refractivity contribution in [3.8, 4) is 11.5 Å². The number of halogens is 2. The first-order valence-electron chi connectivity index (χ1n) is 6.44. The fourth-order valence-electron chi connectivity index (χ4n) is 2.28. The van der Waals surface area contributed by atoms with Gasteiger partial charge in [-0.3, -0.25) is 0 Å². The number of rotatable bonds is 5. The molecular formula is C16H17ClFNO2. The minimum atomic E-state index is -0.288. The number of methoxy groups -OCH3 is 2. The smallest absolute Gasteiger partial charge is 0.162 e. The molecule has 112 valence electrons. The summed E-state index contributed by atoms with van der Waals surface area (Å²) in [5.74, 6) is 0.846. The van der Waals surface area contributed by atoms with Crippen molar-refractivity contribution in [3.63, 3.8) is 0 Å². The fourth-order valence-corrected chi connectivity index (χ4v) is 2.54. The second-order valence-corrected chi connectivity index (χ2v) is 4.91. The Labute approximate surface area is 128 Å². The Morgan fingerprint density at radius 3 is 2.33 bits per heavy atom. The molecular weight excluding hydrogens is 293 g/mol. The summed E-state index contributed by atoms with van der Waals surface area (Å²) in [5.41, 5.74) is 1.58. The van der Waals surface area contributed by atoms with Crippen molar-refractivity contribution in [2.45, 2.75) is 6.04 Å². The van der Waals surface area contributed by atoms with Crippen LogP contribution in [-0.4, -0.2) is 21.3 Å².